The first kappa shape index (κ1) is 23.3. The van der Waals surface area contributed by atoms with Crippen LogP contribution in [0.5, 0.6) is 0 Å². The molecule has 0 saturated heterocycles. The Morgan fingerprint density at radius 1 is 1.00 bits per heavy atom. The van der Waals surface area contributed by atoms with Crippen molar-refractivity contribution < 1.29 is 14.3 Å². The van der Waals surface area contributed by atoms with Crippen LogP contribution in [0.3, 0.4) is 0 Å². The standard InChI is InChI=1S/C27H24ClN3O3/c28-23-15-14-21(17-30-23)18-31(24-13-7-8-16-29-24)26(32)25(22-11-5-2-6-12-22)27(33)34-19-20-9-3-1-4-10-20/h1-17,23,25,30H,18-19H2. The summed E-state index contributed by atoms with van der Waals surface area (Å²) in [5.41, 5.74) is 1.91. The normalized spacial score (nSPS) is 15.6. The van der Waals surface area contributed by atoms with Crippen LogP contribution in [0.15, 0.2) is 109 Å². The lowest BCUT2D eigenvalue weighted by Crippen LogP contribution is -2.41. The van der Waals surface area contributed by atoms with Crippen molar-refractivity contribution >= 4 is 29.3 Å². The highest BCUT2D eigenvalue weighted by atomic mass is 35.5. The van der Waals surface area contributed by atoms with E-state index in [0.717, 1.165) is 11.1 Å². The Balaban J connectivity index is 1.64. The quantitative estimate of drug-likeness (QED) is 0.225. The number of alkyl halides is 1. The van der Waals surface area contributed by atoms with Gasteiger partial charge in [-0.2, -0.15) is 0 Å². The minimum atomic E-state index is -1.14. The molecule has 7 heteroatoms. The first-order valence-electron chi connectivity index (χ1n) is 10.9. The molecule has 0 bridgehead atoms. The molecular formula is C27H24ClN3O3. The predicted molar refractivity (Wildman–Crippen MR) is 132 cm³/mol. The van der Waals surface area contributed by atoms with Crippen LogP contribution >= 0.6 is 11.6 Å². The molecule has 6 nitrogen and oxygen atoms in total. The molecule has 0 spiro atoms. The molecule has 1 aromatic heterocycles. The molecule has 1 N–H and O–H groups in total. The Hall–Kier alpha value is -3.90. The molecule has 2 aromatic carbocycles. The number of ether oxygens (including phenoxy) is 1. The summed E-state index contributed by atoms with van der Waals surface area (Å²) in [6, 6.07) is 23.6. The van der Waals surface area contributed by atoms with Gasteiger partial charge in [-0.25, -0.2) is 4.98 Å². The highest BCUT2D eigenvalue weighted by Gasteiger charge is 2.35. The molecule has 172 valence electrons. The summed E-state index contributed by atoms with van der Waals surface area (Å²) in [5.74, 6) is -1.75. The van der Waals surface area contributed by atoms with Crippen molar-refractivity contribution in [1.29, 1.82) is 0 Å². The minimum Gasteiger partial charge on any atom is -0.460 e. The Labute approximate surface area is 203 Å². The molecule has 1 amide bonds. The number of halogens is 1. The van der Waals surface area contributed by atoms with Gasteiger partial charge >= 0.3 is 5.97 Å². The lowest BCUT2D eigenvalue weighted by molar-refractivity contribution is -0.149. The SMILES string of the molecule is O=C(OCc1ccccc1)C(C(=O)N(CC1=CNC(Cl)C=C1)c1ccccn1)c1ccccc1. The number of nitrogens with zero attached hydrogens (tertiary/aromatic N) is 2. The molecule has 0 radical (unpaired) electrons. The number of esters is 1. The molecule has 0 aliphatic carbocycles. The van der Waals surface area contributed by atoms with Gasteiger partial charge < -0.3 is 10.1 Å². The number of amides is 1. The van der Waals surface area contributed by atoms with Crippen LogP contribution < -0.4 is 10.2 Å². The Morgan fingerprint density at radius 3 is 2.35 bits per heavy atom. The van der Waals surface area contributed by atoms with Crippen LogP contribution in [-0.2, 0) is 20.9 Å². The summed E-state index contributed by atoms with van der Waals surface area (Å²) >= 11 is 6.06. The zero-order valence-electron chi connectivity index (χ0n) is 18.4. The van der Waals surface area contributed by atoms with Crippen molar-refractivity contribution in [2.24, 2.45) is 0 Å². The number of benzene rings is 2. The topological polar surface area (TPSA) is 71.5 Å². The Morgan fingerprint density at radius 2 is 1.71 bits per heavy atom. The number of dihydropyridines is 1. The fraction of sp³-hybridized carbons (Fsp3) is 0.148. The van der Waals surface area contributed by atoms with E-state index < -0.39 is 17.8 Å². The maximum Gasteiger partial charge on any atom is 0.323 e. The van der Waals surface area contributed by atoms with Crippen molar-refractivity contribution in [1.82, 2.24) is 10.3 Å². The van der Waals surface area contributed by atoms with Gasteiger partial charge in [0.15, 0.2) is 5.92 Å². The number of carbonyl (C=O) groups is 2. The number of anilines is 1. The molecule has 2 atom stereocenters. The van der Waals surface area contributed by atoms with E-state index in [4.69, 9.17) is 16.3 Å². The summed E-state index contributed by atoms with van der Waals surface area (Å²) in [5, 5.41) is 3.02. The van der Waals surface area contributed by atoms with Gasteiger partial charge in [-0.3, -0.25) is 14.5 Å². The first-order valence-corrected chi connectivity index (χ1v) is 11.3. The molecule has 0 saturated carbocycles. The summed E-state index contributed by atoms with van der Waals surface area (Å²) in [7, 11) is 0. The van der Waals surface area contributed by atoms with Gasteiger partial charge in [0, 0.05) is 12.4 Å². The highest BCUT2D eigenvalue weighted by Crippen LogP contribution is 2.25. The third kappa shape index (κ3) is 5.91. The maximum absolute atomic E-state index is 13.9. The van der Waals surface area contributed by atoms with Crippen molar-refractivity contribution in [3.05, 3.63) is 120 Å². The van der Waals surface area contributed by atoms with E-state index >= 15 is 0 Å². The fourth-order valence-electron chi connectivity index (χ4n) is 3.56. The zero-order chi connectivity index (χ0) is 23.8. The van der Waals surface area contributed by atoms with Crippen LogP contribution in [0.2, 0.25) is 0 Å². The smallest absolute Gasteiger partial charge is 0.323 e. The van der Waals surface area contributed by atoms with E-state index in [1.165, 1.54) is 4.90 Å². The Bertz CT molecular complexity index is 1170. The van der Waals surface area contributed by atoms with Crippen LogP contribution in [0.4, 0.5) is 5.82 Å². The molecule has 1 aliphatic heterocycles. The summed E-state index contributed by atoms with van der Waals surface area (Å²) in [6.45, 7) is 0.285. The monoisotopic (exact) mass is 473 g/mol. The van der Waals surface area contributed by atoms with Crippen LogP contribution in [0.25, 0.3) is 0 Å². The maximum atomic E-state index is 13.9. The van der Waals surface area contributed by atoms with E-state index in [1.807, 2.05) is 42.5 Å². The second kappa shape index (κ2) is 11.3. The van der Waals surface area contributed by atoms with E-state index in [0.29, 0.717) is 11.4 Å². The van der Waals surface area contributed by atoms with E-state index in [2.05, 4.69) is 10.3 Å². The molecular weight excluding hydrogens is 450 g/mol. The number of pyridine rings is 1. The molecule has 0 fully saturated rings. The molecule has 2 unspecified atom stereocenters. The predicted octanol–water partition coefficient (Wildman–Crippen LogP) is 4.55. The number of aromatic nitrogens is 1. The van der Waals surface area contributed by atoms with Crippen molar-refractivity contribution in [3.8, 4) is 0 Å². The summed E-state index contributed by atoms with van der Waals surface area (Å²) in [4.78, 5) is 33.1. The number of rotatable bonds is 8. The van der Waals surface area contributed by atoms with E-state index in [-0.39, 0.29) is 18.7 Å². The molecule has 1 aliphatic rings. The van der Waals surface area contributed by atoms with Gasteiger partial charge in [-0.05, 0) is 34.9 Å². The summed E-state index contributed by atoms with van der Waals surface area (Å²) in [6.07, 6.45) is 7.01. The lowest BCUT2D eigenvalue weighted by atomic mass is 9.97. The number of hydrogen-bond donors (Lipinski definition) is 1. The first-order chi connectivity index (χ1) is 16.6. The minimum absolute atomic E-state index is 0.0782. The van der Waals surface area contributed by atoms with Gasteiger partial charge in [-0.1, -0.05) is 84.4 Å². The second-order valence-corrected chi connectivity index (χ2v) is 8.17. The van der Waals surface area contributed by atoms with Gasteiger partial charge in [0.1, 0.15) is 17.9 Å². The van der Waals surface area contributed by atoms with Gasteiger partial charge in [0.05, 0.1) is 6.54 Å². The third-order valence-corrected chi connectivity index (χ3v) is 5.55. The second-order valence-electron chi connectivity index (χ2n) is 7.70. The molecule has 34 heavy (non-hydrogen) atoms. The van der Waals surface area contributed by atoms with E-state index in [9.17, 15) is 9.59 Å². The van der Waals surface area contributed by atoms with Crippen molar-refractivity contribution in [3.63, 3.8) is 0 Å². The average molecular weight is 474 g/mol. The average Bonchev–Trinajstić information content (AvgIpc) is 2.89. The zero-order valence-corrected chi connectivity index (χ0v) is 19.1. The molecule has 2 heterocycles. The molecule has 4 rings (SSSR count). The summed E-state index contributed by atoms with van der Waals surface area (Å²) < 4.78 is 5.59. The van der Waals surface area contributed by atoms with Crippen LogP contribution in [-0.4, -0.2) is 28.9 Å². The number of hydrogen-bond acceptors (Lipinski definition) is 5. The number of nitrogens with one attached hydrogen (secondary N) is 1. The Kier molecular flexibility index (Phi) is 7.73. The lowest BCUT2D eigenvalue weighted by Gasteiger charge is -2.27. The largest absolute Gasteiger partial charge is 0.460 e. The highest BCUT2D eigenvalue weighted by molar-refractivity contribution is 6.21. The number of carbonyl (C=O) groups excluding carboxylic acids is 2. The van der Waals surface area contributed by atoms with Crippen molar-refractivity contribution in [2.75, 3.05) is 11.4 Å². The van der Waals surface area contributed by atoms with Crippen LogP contribution in [0.1, 0.15) is 17.0 Å². The van der Waals surface area contributed by atoms with Gasteiger partial charge in [0.25, 0.3) is 0 Å². The van der Waals surface area contributed by atoms with E-state index in [1.54, 1.807) is 60.9 Å². The van der Waals surface area contributed by atoms with Gasteiger partial charge in [-0.15, -0.1) is 0 Å². The van der Waals surface area contributed by atoms with Crippen LogP contribution in [0, 0.1) is 0 Å². The fourth-order valence-corrected chi connectivity index (χ4v) is 3.69. The van der Waals surface area contributed by atoms with Gasteiger partial charge in [0.2, 0.25) is 5.91 Å². The van der Waals surface area contributed by atoms with Crippen molar-refractivity contribution in [2.45, 2.75) is 18.0 Å². The third-order valence-electron chi connectivity index (χ3n) is 5.28. The molecule has 3 aromatic rings.